The number of halogens is 1. The van der Waals surface area contributed by atoms with Crippen LogP contribution in [0.4, 0.5) is 0 Å². The van der Waals surface area contributed by atoms with E-state index in [9.17, 15) is 4.79 Å². The van der Waals surface area contributed by atoms with Crippen molar-refractivity contribution < 1.29 is 9.63 Å². The van der Waals surface area contributed by atoms with E-state index in [1.54, 1.807) is 0 Å². The van der Waals surface area contributed by atoms with Crippen molar-refractivity contribution in [3.05, 3.63) is 0 Å². The fourth-order valence-electron chi connectivity index (χ4n) is 0.0941. The number of carbonyl (C=O) groups excluding carboxylic acids is 1. The highest BCUT2D eigenvalue weighted by molar-refractivity contribution is 6.77. The Balaban J connectivity index is 3.26. The normalized spacial score (nSPS) is 9.43. The lowest BCUT2D eigenvalue weighted by atomic mass is 10.9. The Morgan fingerprint density at radius 1 is 2.00 bits per heavy atom. The summed E-state index contributed by atoms with van der Waals surface area (Å²) >= 11 is 4.79. The van der Waals surface area contributed by atoms with Gasteiger partial charge in [0, 0.05) is 0 Å². The van der Waals surface area contributed by atoms with Crippen LogP contribution in [0.25, 0.3) is 0 Å². The summed E-state index contributed by atoms with van der Waals surface area (Å²) in [6.07, 6.45) is 0.877. The Labute approximate surface area is 45.9 Å². The molecule has 0 bridgehead atoms. The van der Waals surface area contributed by atoms with Crippen LogP contribution in [0.5, 0.6) is 0 Å². The van der Waals surface area contributed by atoms with Gasteiger partial charge in [-0.3, -0.25) is 4.79 Å². The van der Waals surface area contributed by atoms with Crippen molar-refractivity contribution in [1.29, 1.82) is 0 Å². The van der Waals surface area contributed by atoms with Gasteiger partial charge in [-0.2, -0.15) is 0 Å². The maximum absolute atomic E-state index is 9.74. The van der Waals surface area contributed by atoms with Gasteiger partial charge in [0.1, 0.15) is 13.3 Å². The summed E-state index contributed by atoms with van der Waals surface area (Å²) in [4.78, 5) is 13.9. The van der Waals surface area contributed by atoms with Gasteiger partial charge in [-0.25, -0.2) is 0 Å². The molecule has 3 nitrogen and oxygen atoms in total. The molecule has 0 amide bonds. The number of oxime groups is 1. The van der Waals surface area contributed by atoms with E-state index < -0.39 is 5.24 Å². The van der Waals surface area contributed by atoms with Crippen LogP contribution in [-0.4, -0.2) is 18.6 Å². The van der Waals surface area contributed by atoms with Crippen LogP contribution >= 0.6 is 11.6 Å². The molecule has 0 atom stereocenters. The Bertz CT molecular complexity index is 90.9. The van der Waals surface area contributed by atoms with Crippen molar-refractivity contribution in [3.8, 4) is 0 Å². The van der Waals surface area contributed by atoms with Gasteiger partial charge < -0.3 is 4.84 Å². The smallest absolute Gasteiger partial charge is 0.266 e. The molecule has 0 fully saturated rings. The second kappa shape index (κ2) is 3.61. The van der Waals surface area contributed by atoms with E-state index in [2.05, 4.69) is 9.99 Å². The Morgan fingerprint density at radius 2 is 2.57 bits per heavy atom. The first-order valence-electron chi connectivity index (χ1n) is 1.53. The van der Waals surface area contributed by atoms with E-state index >= 15 is 0 Å². The third-order valence-corrected chi connectivity index (χ3v) is 0.357. The van der Waals surface area contributed by atoms with E-state index in [0.717, 1.165) is 6.21 Å². The zero-order chi connectivity index (χ0) is 5.70. The Hall–Kier alpha value is -0.570. The number of nitrogens with zero attached hydrogens (tertiary/aromatic N) is 1. The highest BCUT2D eigenvalue weighted by Gasteiger charge is 1.82. The molecule has 0 N–H and O–H groups in total. The summed E-state index contributed by atoms with van der Waals surface area (Å²) in [6.45, 7) is 0. The van der Waals surface area contributed by atoms with Gasteiger partial charge >= 0.3 is 0 Å². The highest BCUT2D eigenvalue weighted by atomic mass is 35.5. The summed E-state index contributed by atoms with van der Waals surface area (Å²) in [6, 6.07) is 0. The predicted octanol–water partition coefficient (Wildman–Crippen LogP) is 0.384. The molecule has 0 heterocycles. The van der Waals surface area contributed by atoms with Crippen molar-refractivity contribution in [2.75, 3.05) is 7.11 Å². The number of rotatable bonds is 2. The fraction of sp³-hybridized carbons (Fsp3) is 0.333. The Kier molecular flexibility index (Phi) is 3.32. The first kappa shape index (κ1) is 6.43. The second-order valence-corrected chi connectivity index (χ2v) is 1.09. The van der Waals surface area contributed by atoms with Gasteiger partial charge in [-0.15, -0.1) is 0 Å². The summed E-state index contributed by atoms with van der Waals surface area (Å²) in [5.41, 5.74) is 0. The standard InChI is InChI=1S/C3H4ClNO2/c1-7-5-2-3(4)6/h2H,1H3/b5-2+. The molecule has 0 aromatic carbocycles. The third kappa shape index (κ3) is 5.43. The molecule has 0 spiro atoms. The molecular formula is C3H4ClNO2. The van der Waals surface area contributed by atoms with Crippen LogP contribution < -0.4 is 0 Å². The molecule has 0 aromatic rings. The number of hydrogen-bond donors (Lipinski definition) is 0. The molecule has 7 heavy (non-hydrogen) atoms. The molecule has 0 radical (unpaired) electrons. The van der Waals surface area contributed by atoms with Crippen LogP contribution in [0.1, 0.15) is 0 Å². The van der Waals surface area contributed by atoms with E-state index in [1.807, 2.05) is 0 Å². The monoisotopic (exact) mass is 121 g/mol. The average molecular weight is 122 g/mol. The highest BCUT2D eigenvalue weighted by Crippen LogP contribution is 1.72. The van der Waals surface area contributed by atoms with Gasteiger partial charge in [0.25, 0.3) is 5.24 Å². The summed E-state index contributed by atoms with van der Waals surface area (Å²) in [5, 5.41) is 2.43. The first-order chi connectivity index (χ1) is 3.27. The SMILES string of the molecule is CO/N=C/C(=O)Cl. The molecule has 0 aromatic heterocycles. The van der Waals surface area contributed by atoms with Gasteiger partial charge in [-0.05, 0) is 11.6 Å². The van der Waals surface area contributed by atoms with E-state index in [1.165, 1.54) is 7.11 Å². The minimum Gasteiger partial charge on any atom is -0.399 e. The maximum atomic E-state index is 9.74. The molecule has 0 aliphatic rings. The molecule has 0 aliphatic carbocycles. The van der Waals surface area contributed by atoms with E-state index in [-0.39, 0.29) is 0 Å². The predicted molar refractivity (Wildman–Crippen MR) is 26.4 cm³/mol. The molecule has 0 saturated heterocycles. The molecule has 0 aliphatic heterocycles. The average Bonchev–Trinajstić information content (AvgIpc) is 1.61. The van der Waals surface area contributed by atoms with Gasteiger partial charge in [0.2, 0.25) is 0 Å². The summed E-state index contributed by atoms with van der Waals surface area (Å²) in [5.74, 6) is 0. The van der Waals surface area contributed by atoms with Crippen LogP contribution in [0, 0.1) is 0 Å². The van der Waals surface area contributed by atoms with Crippen molar-refractivity contribution in [2.45, 2.75) is 0 Å². The lowest BCUT2D eigenvalue weighted by Gasteiger charge is -1.77. The molecule has 0 saturated carbocycles. The maximum Gasteiger partial charge on any atom is 0.266 e. The Morgan fingerprint density at radius 3 is 2.71 bits per heavy atom. The van der Waals surface area contributed by atoms with Crippen molar-refractivity contribution >= 4 is 23.1 Å². The molecule has 40 valence electrons. The zero-order valence-corrected chi connectivity index (χ0v) is 4.47. The number of hydrogen-bond acceptors (Lipinski definition) is 3. The molecular weight excluding hydrogens is 117 g/mol. The van der Waals surface area contributed by atoms with Crippen LogP contribution in [0.3, 0.4) is 0 Å². The fourth-order valence-corrected chi connectivity index (χ4v) is 0.134. The summed E-state index contributed by atoms with van der Waals surface area (Å²) < 4.78 is 0. The van der Waals surface area contributed by atoms with E-state index in [0.29, 0.717) is 0 Å². The molecule has 4 heteroatoms. The third-order valence-electron chi connectivity index (χ3n) is 0.260. The number of carbonyl (C=O) groups is 1. The largest absolute Gasteiger partial charge is 0.399 e. The summed E-state index contributed by atoms with van der Waals surface area (Å²) in [7, 11) is 1.33. The minimum absolute atomic E-state index is 0.637. The molecule has 0 unspecified atom stereocenters. The zero-order valence-electron chi connectivity index (χ0n) is 3.72. The van der Waals surface area contributed by atoms with Gasteiger partial charge in [-0.1, -0.05) is 5.16 Å². The minimum atomic E-state index is -0.637. The topological polar surface area (TPSA) is 38.7 Å². The van der Waals surface area contributed by atoms with Crippen LogP contribution in [-0.2, 0) is 9.63 Å². The quantitative estimate of drug-likeness (QED) is 0.301. The van der Waals surface area contributed by atoms with Gasteiger partial charge in [0.15, 0.2) is 0 Å². The first-order valence-corrected chi connectivity index (χ1v) is 1.91. The van der Waals surface area contributed by atoms with Crippen molar-refractivity contribution in [2.24, 2.45) is 5.16 Å². The van der Waals surface area contributed by atoms with Crippen molar-refractivity contribution in [1.82, 2.24) is 0 Å². The lowest BCUT2D eigenvalue weighted by Crippen LogP contribution is -1.84. The van der Waals surface area contributed by atoms with E-state index in [4.69, 9.17) is 11.6 Å². The van der Waals surface area contributed by atoms with Gasteiger partial charge in [0.05, 0.1) is 0 Å². The van der Waals surface area contributed by atoms with Crippen LogP contribution in [0.2, 0.25) is 0 Å². The second-order valence-electron chi connectivity index (χ2n) is 0.721. The van der Waals surface area contributed by atoms with Crippen molar-refractivity contribution in [3.63, 3.8) is 0 Å². The van der Waals surface area contributed by atoms with Crippen LogP contribution in [0.15, 0.2) is 5.16 Å². The molecule has 0 rings (SSSR count). The lowest BCUT2D eigenvalue weighted by molar-refractivity contribution is -0.106.